The van der Waals surface area contributed by atoms with E-state index in [2.05, 4.69) is 39.5 Å². The summed E-state index contributed by atoms with van der Waals surface area (Å²) in [4.78, 5) is 6.68. The van der Waals surface area contributed by atoms with Crippen LogP contribution in [-0.4, -0.2) is 36.1 Å². The van der Waals surface area contributed by atoms with Gasteiger partial charge in [-0.1, -0.05) is 12.1 Å². The fourth-order valence-corrected chi connectivity index (χ4v) is 2.72. The number of hydrogen-bond donors (Lipinski definition) is 1. The molecule has 0 bridgehead atoms. The van der Waals surface area contributed by atoms with Crippen LogP contribution in [0.25, 0.3) is 10.8 Å². The number of fused-ring (bicyclic) bond motifs is 1. The minimum absolute atomic E-state index is 0.950. The molecule has 19 heavy (non-hydrogen) atoms. The Labute approximate surface area is 114 Å². The molecule has 1 saturated heterocycles. The van der Waals surface area contributed by atoms with Crippen molar-refractivity contribution in [2.45, 2.75) is 19.4 Å². The molecule has 0 atom stereocenters. The normalized spacial score (nSPS) is 16.2. The van der Waals surface area contributed by atoms with Crippen molar-refractivity contribution in [2.75, 3.05) is 26.2 Å². The van der Waals surface area contributed by atoms with E-state index < -0.39 is 0 Å². The summed E-state index contributed by atoms with van der Waals surface area (Å²) in [6.07, 6.45) is 6.52. The van der Waals surface area contributed by atoms with Crippen LogP contribution in [0.2, 0.25) is 0 Å². The minimum atomic E-state index is 0.950. The Morgan fingerprint density at radius 1 is 1.11 bits per heavy atom. The van der Waals surface area contributed by atoms with E-state index in [1.54, 1.807) is 0 Å². The molecule has 0 amide bonds. The molecule has 2 heterocycles. The highest BCUT2D eigenvalue weighted by Crippen LogP contribution is 2.14. The van der Waals surface area contributed by atoms with E-state index in [1.807, 2.05) is 12.4 Å². The van der Waals surface area contributed by atoms with Crippen molar-refractivity contribution in [3.63, 3.8) is 0 Å². The van der Waals surface area contributed by atoms with Crippen LogP contribution in [-0.2, 0) is 6.54 Å². The molecule has 100 valence electrons. The zero-order valence-corrected chi connectivity index (χ0v) is 11.3. The molecular weight excluding hydrogens is 234 g/mol. The van der Waals surface area contributed by atoms with E-state index in [-0.39, 0.29) is 0 Å². The number of benzene rings is 1. The Morgan fingerprint density at radius 3 is 2.89 bits per heavy atom. The predicted molar refractivity (Wildman–Crippen MR) is 79.1 cm³/mol. The monoisotopic (exact) mass is 255 g/mol. The van der Waals surface area contributed by atoms with Gasteiger partial charge in [0.15, 0.2) is 0 Å². The van der Waals surface area contributed by atoms with Gasteiger partial charge in [-0.05, 0) is 49.0 Å². The molecule has 1 aliphatic rings. The van der Waals surface area contributed by atoms with Gasteiger partial charge in [-0.25, -0.2) is 0 Å². The Kier molecular flexibility index (Phi) is 4.06. The average Bonchev–Trinajstić information content (AvgIpc) is 2.97. The molecule has 1 aromatic heterocycles. The molecule has 3 nitrogen and oxygen atoms in total. The molecule has 2 aromatic rings. The topological polar surface area (TPSA) is 28.2 Å². The molecule has 0 unspecified atom stereocenters. The summed E-state index contributed by atoms with van der Waals surface area (Å²) >= 11 is 0. The fraction of sp³-hybridized carbons (Fsp3) is 0.438. The lowest BCUT2D eigenvalue weighted by Gasteiger charge is -2.14. The summed E-state index contributed by atoms with van der Waals surface area (Å²) in [5.74, 6) is 0. The highest BCUT2D eigenvalue weighted by molar-refractivity contribution is 5.81. The molecule has 0 saturated carbocycles. The van der Waals surface area contributed by atoms with Crippen LogP contribution in [0, 0.1) is 0 Å². The van der Waals surface area contributed by atoms with Gasteiger partial charge in [0, 0.05) is 37.4 Å². The summed E-state index contributed by atoms with van der Waals surface area (Å²) in [5, 5.41) is 6.02. The number of nitrogens with one attached hydrogen (secondary N) is 1. The quantitative estimate of drug-likeness (QED) is 0.832. The first-order valence-corrected chi connectivity index (χ1v) is 7.17. The number of likely N-dealkylation sites (tertiary alicyclic amines) is 1. The first-order valence-electron chi connectivity index (χ1n) is 7.17. The van der Waals surface area contributed by atoms with E-state index in [4.69, 9.17) is 0 Å². The van der Waals surface area contributed by atoms with Crippen LogP contribution in [0.3, 0.4) is 0 Å². The molecule has 1 aliphatic heterocycles. The van der Waals surface area contributed by atoms with Gasteiger partial charge in [0.25, 0.3) is 0 Å². The van der Waals surface area contributed by atoms with Gasteiger partial charge < -0.3 is 10.2 Å². The first kappa shape index (κ1) is 12.6. The Morgan fingerprint density at radius 2 is 2.00 bits per heavy atom. The number of pyridine rings is 1. The molecule has 1 N–H and O–H groups in total. The number of nitrogens with zero attached hydrogens (tertiary/aromatic N) is 2. The molecule has 1 fully saturated rings. The van der Waals surface area contributed by atoms with Crippen molar-refractivity contribution >= 4 is 10.8 Å². The summed E-state index contributed by atoms with van der Waals surface area (Å²) in [5.41, 5.74) is 1.35. The van der Waals surface area contributed by atoms with Gasteiger partial charge in [-0.15, -0.1) is 0 Å². The maximum atomic E-state index is 4.14. The lowest BCUT2D eigenvalue weighted by Crippen LogP contribution is -2.29. The smallest absolute Gasteiger partial charge is 0.0346 e. The molecule has 3 rings (SSSR count). The molecule has 3 heteroatoms. The van der Waals surface area contributed by atoms with Gasteiger partial charge >= 0.3 is 0 Å². The van der Waals surface area contributed by atoms with Gasteiger partial charge in [0.2, 0.25) is 0 Å². The van der Waals surface area contributed by atoms with Crippen molar-refractivity contribution in [2.24, 2.45) is 0 Å². The van der Waals surface area contributed by atoms with Gasteiger partial charge in [0.1, 0.15) is 0 Å². The highest BCUT2D eigenvalue weighted by atomic mass is 15.1. The number of hydrogen-bond acceptors (Lipinski definition) is 3. The van der Waals surface area contributed by atoms with E-state index in [9.17, 15) is 0 Å². The third-order valence-corrected chi connectivity index (χ3v) is 3.84. The second kappa shape index (κ2) is 6.13. The van der Waals surface area contributed by atoms with Crippen LogP contribution >= 0.6 is 0 Å². The predicted octanol–water partition coefficient (Wildman–Crippen LogP) is 2.42. The lowest BCUT2D eigenvalue weighted by atomic mass is 10.1. The second-order valence-corrected chi connectivity index (χ2v) is 5.28. The molecule has 1 aromatic carbocycles. The first-order chi connectivity index (χ1) is 9.42. The summed E-state index contributed by atoms with van der Waals surface area (Å²) in [7, 11) is 0. The van der Waals surface area contributed by atoms with E-state index in [0.29, 0.717) is 0 Å². The van der Waals surface area contributed by atoms with Crippen LogP contribution in [0.15, 0.2) is 36.7 Å². The molecule has 0 spiro atoms. The van der Waals surface area contributed by atoms with Crippen molar-refractivity contribution < 1.29 is 0 Å². The summed E-state index contributed by atoms with van der Waals surface area (Å²) < 4.78 is 0. The Balaban J connectivity index is 1.50. The van der Waals surface area contributed by atoms with E-state index in [1.165, 1.54) is 48.8 Å². The SMILES string of the molecule is c1cc2cc(CNCCN3CCCC3)ccc2cn1. The standard InChI is InChI=1S/C16H21N3/c1-2-9-19(8-1)10-7-18-12-14-3-4-16-13-17-6-5-15(16)11-14/h3-6,11,13,18H,1-2,7-10,12H2. The number of rotatable bonds is 5. The Hall–Kier alpha value is -1.45. The van der Waals surface area contributed by atoms with Crippen LogP contribution in [0.1, 0.15) is 18.4 Å². The van der Waals surface area contributed by atoms with Crippen molar-refractivity contribution in [1.82, 2.24) is 15.2 Å². The summed E-state index contributed by atoms with van der Waals surface area (Å²) in [6.45, 7) is 5.77. The van der Waals surface area contributed by atoms with Gasteiger partial charge in [-0.2, -0.15) is 0 Å². The van der Waals surface area contributed by atoms with E-state index >= 15 is 0 Å². The van der Waals surface area contributed by atoms with Gasteiger partial charge in [-0.3, -0.25) is 4.98 Å². The largest absolute Gasteiger partial charge is 0.311 e. The second-order valence-electron chi connectivity index (χ2n) is 5.28. The highest BCUT2D eigenvalue weighted by Gasteiger charge is 2.09. The van der Waals surface area contributed by atoms with Crippen molar-refractivity contribution in [3.05, 3.63) is 42.2 Å². The maximum absolute atomic E-state index is 4.14. The molecular formula is C16H21N3. The maximum Gasteiger partial charge on any atom is 0.0346 e. The molecule has 0 aliphatic carbocycles. The third-order valence-electron chi connectivity index (χ3n) is 3.84. The Bertz CT molecular complexity index is 532. The molecule has 0 radical (unpaired) electrons. The zero-order valence-electron chi connectivity index (χ0n) is 11.3. The van der Waals surface area contributed by atoms with Crippen molar-refractivity contribution in [3.8, 4) is 0 Å². The summed E-state index contributed by atoms with van der Waals surface area (Å²) in [6, 6.07) is 8.66. The third kappa shape index (κ3) is 3.31. The minimum Gasteiger partial charge on any atom is -0.311 e. The fourth-order valence-electron chi connectivity index (χ4n) is 2.72. The average molecular weight is 255 g/mol. The van der Waals surface area contributed by atoms with Crippen LogP contribution < -0.4 is 5.32 Å². The van der Waals surface area contributed by atoms with Gasteiger partial charge in [0.05, 0.1) is 0 Å². The zero-order chi connectivity index (χ0) is 12.9. The van der Waals surface area contributed by atoms with Crippen LogP contribution in [0.5, 0.6) is 0 Å². The van der Waals surface area contributed by atoms with Crippen molar-refractivity contribution in [1.29, 1.82) is 0 Å². The van der Waals surface area contributed by atoms with E-state index in [0.717, 1.165) is 13.1 Å². The number of aromatic nitrogens is 1. The van der Waals surface area contributed by atoms with Crippen LogP contribution in [0.4, 0.5) is 0 Å². The lowest BCUT2D eigenvalue weighted by molar-refractivity contribution is 0.335.